The molecule has 0 aliphatic rings. The number of fused-ring (bicyclic) bond motifs is 1. The van der Waals surface area contributed by atoms with Crippen molar-refractivity contribution in [3.05, 3.63) is 80.3 Å². The second kappa shape index (κ2) is 7.21. The number of carbonyl (C=O) groups excluding carboxylic acids is 1. The highest BCUT2D eigenvalue weighted by atomic mass is 79.9. The van der Waals surface area contributed by atoms with Gasteiger partial charge in [-0.15, -0.1) is 0 Å². The predicted molar refractivity (Wildman–Crippen MR) is 101 cm³/mol. The van der Waals surface area contributed by atoms with Crippen molar-refractivity contribution in [2.24, 2.45) is 0 Å². The number of methoxy groups -OCH3 is 1. The molecule has 0 amide bonds. The molecule has 0 aliphatic heterocycles. The molecule has 0 spiro atoms. The molecule has 2 aromatic heterocycles. The lowest BCUT2D eigenvalue weighted by atomic mass is 10.1. The fraction of sp³-hybridized carbons (Fsp3) is 0.0556. The van der Waals surface area contributed by atoms with Crippen LogP contribution in [0.3, 0.4) is 0 Å². The Bertz CT molecular complexity index is 1040. The molecule has 0 bridgehead atoms. The molecule has 0 radical (unpaired) electrons. The number of carbonyl (C=O) groups is 1. The number of ether oxygens (including phenoxy) is 1. The summed E-state index contributed by atoms with van der Waals surface area (Å²) in [5.74, 6) is -0.406. The van der Waals surface area contributed by atoms with Gasteiger partial charge in [0.05, 0.1) is 23.4 Å². The summed E-state index contributed by atoms with van der Waals surface area (Å²) in [7, 11) is 1.33. The van der Waals surface area contributed by atoms with Gasteiger partial charge in [0.2, 0.25) is 0 Å². The van der Waals surface area contributed by atoms with Gasteiger partial charge in [-0.3, -0.25) is 9.20 Å². The largest absolute Gasteiger partial charge is 0.465 e. The Morgan fingerprint density at radius 1 is 1.24 bits per heavy atom. The summed E-state index contributed by atoms with van der Waals surface area (Å²) < 4.78 is 6.87. The van der Waals surface area contributed by atoms with E-state index in [2.05, 4.69) is 25.7 Å². The van der Waals surface area contributed by atoms with Crippen molar-refractivity contribution in [2.75, 3.05) is 7.11 Å². The van der Waals surface area contributed by atoms with Crippen LogP contribution in [0.2, 0.25) is 0 Å². The van der Waals surface area contributed by atoms with Crippen LogP contribution in [0.4, 0.5) is 0 Å². The van der Waals surface area contributed by atoms with Crippen LogP contribution in [0, 0.1) is 0 Å². The Morgan fingerprint density at radius 2 is 1.96 bits per heavy atom. The van der Waals surface area contributed by atoms with Gasteiger partial charge in [-0.05, 0) is 51.8 Å². The molecule has 0 fully saturated rings. The number of aromatic nitrogens is 2. The summed E-state index contributed by atoms with van der Waals surface area (Å²) in [5, 5.41) is 0.327. The van der Waals surface area contributed by atoms with Gasteiger partial charge in [0.25, 0.3) is 5.56 Å². The summed E-state index contributed by atoms with van der Waals surface area (Å²) >= 11 is 9.65. The minimum Gasteiger partial charge on any atom is -0.465 e. The number of nitrogens with zero attached hydrogens (tertiary/aromatic N) is 2. The van der Waals surface area contributed by atoms with Crippen molar-refractivity contribution in [3.63, 3.8) is 0 Å². The Labute approximate surface area is 156 Å². The third-order valence-corrected chi connectivity index (χ3v) is 4.27. The van der Waals surface area contributed by atoms with Gasteiger partial charge in [0, 0.05) is 16.7 Å². The minimum atomic E-state index is -0.406. The van der Waals surface area contributed by atoms with Gasteiger partial charge < -0.3 is 4.74 Å². The summed E-state index contributed by atoms with van der Waals surface area (Å²) in [6, 6.07) is 11.7. The van der Waals surface area contributed by atoms with Crippen molar-refractivity contribution >= 4 is 50.3 Å². The number of pyridine rings is 1. The SMILES string of the molecule is COC(=O)c1ccc(/C=C(/Cl)c2cc(=O)n3cc(Br)ccc3n2)cc1. The zero-order valence-corrected chi connectivity index (χ0v) is 15.4. The average Bonchev–Trinajstić information content (AvgIpc) is 2.62. The van der Waals surface area contributed by atoms with Gasteiger partial charge in [-0.25, -0.2) is 9.78 Å². The maximum absolute atomic E-state index is 12.2. The molecule has 126 valence electrons. The van der Waals surface area contributed by atoms with Crippen molar-refractivity contribution in [2.45, 2.75) is 0 Å². The lowest BCUT2D eigenvalue weighted by Gasteiger charge is -2.04. The smallest absolute Gasteiger partial charge is 0.337 e. The van der Waals surface area contributed by atoms with Crippen LogP contribution in [-0.2, 0) is 4.74 Å². The zero-order chi connectivity index (χ0) is 18.0. The molecule has 3 rings (SSSR count). The lowest BCUT2D eigenvalue weighted by Crippen LogP contribution is -2.14. The van der Waals surface area contributed by atoms with E-state index >= 15 is 0 Å². The monoisotopic (exact) mass is 418 g/mol. The van der Waals surface area contributed by atoms with Gasteiger partial charge in [-0.2, -0.15) is 0 Å². The molecule has 1 aromatic carbocycles. The van der Waals surface area contributed by atoms with E-state index in [0.29, 0.717) is 21.9 Å². The summed E-state index contributed by atoms with van der Waals surface area (Å²) in [4.78, 5) is 28.1. The second-order valence-electron chi connectivity index (χ2n) is 5.16. The van der Waals surface area contributed by atoms with E-state index in [4.69, 9.17) is 11.6 Å². The van der Waals surface area contributed by atoms with Gasteiger partial charge in [0.15, 0.2) is 0 Å². The molecule has 2 heterocycles. The summed E-state index contributed by atoms with van der Waals surface area (Å²) in [6.45, 7) is 0. The molecule has 0 aliphatic carbocycles. The number of rotatable bonds is 3. The fourth-order valence-electron chi connectivity index (χ4n) is 2.25. The Morgan fingerprint density at radius 3 is 2.64 bits per heavy atom. The summed E-state index contributed by atoms with van der Waals surface area (Å²) in [5.41, 5.74) is 1.87. The minimum absolute atomic E-state index is 0.228. The number of hydrogen-bond donors (Lipinski definition) is 0. The summed E-state index contributed by atoms with van der Waals surface area (Å²) in [6.07, 6.45) is 3.33. The van der Waals surface area contributed by atoms with Crippen LogP contribution in [0.5, 0.6) is 0 Å². The Kier molecular flexibility index (Phi) is 5.01. The maximum atomic E-state index is 12.2. The second-order valence-corrected chi connectivity index (χ2v) is 6.48. The zero-order valence-electron chi connectivity index (χ0n) is 13.1. The van der Waals surface area contributed by atoms with E-state index in [0.717, 1.165) is 10.0 Å². The third-order valence-electron chi connectivity index (χ3n) is 3.49. The van der Waals surface area contributed by atoms with E-state index in [1.165, 1.54) is 17.6 Å². The number of hydrogen-bond acceptors (Lipinski definition) is 4. The molecule has 3 aromatic rings. The van der Waals surface area contributed by atoms with Crippen LogP contribution in [0.1, 0.15) is 21.6 Å². The molecular formula is C18H12BrClN2O3. The topological polar surface area (TPSA) is 60.7 Å². The van der Waals surface area contributed by atoms with E-state index in [1.54, 1.807) is 48.7 Å². The number of halogens is 2. The maximum Gasteiger partial charge on any atom is 0.337 e. The molecule has 0 N–H and O–H groups in total. The number of benzene rings is 1. The van der Waals surface area contributed by atoms with Crippen molar-refractivity contribution < 1.29 is 9.53 Å². The lowest BCUT2D eigenvalue weighted by molar-refractivity contribution is 0.0600. The van der Waals surface area contributed by atoms with E-state index < -0.39 is 5.97 Å². The van der Waals surface area contributed by atoms with Crippen molar-refractivity contribution in [1.29, 1.82) is 0 Å². The molecule has 0 saturated heterocycles. The highest BCUT2D eigenvalue weighted by Gasteiger charge is 2.07. The first kappa shape index (κ1) is 17.4. The van der Waals surface area contributed by atoms with Crippen molar-refractivity contribution in [3.8, 4) is 0 Å². The first-order valence-corrected chi connectivity index (χ1v) is 8.40. The molecule has 0 atom stereocenters. The molecule has 7 heteroatoms. The van der Waals surface area contributed by atoms with Crippen LogP contribution >= 0.6 is 27.5 Å². The molecule has 5 nitrogen and oxygen atoms in total. The predicted octanol–water partition coefficient (Wildman–Crippen LogP) is 3.98. The number of esters is 1. The third kappa shape index (κ3) is 3.81. The van der Waals surface area contributed by atoms with Crippen molar-refractivity contribution in [1.82, 2.24) is 9.38 Å². The Hall–Kier alpha value is -2.44. The van der Waals surface area contributed by atoms with Crippen LogP contribution < -0.4 is 5.56 Å². The highest BCUT2D eigenvalue weighted by Crippen LogP contribution is 2.21. The first-order valence-electron chi connectivity index (χ1n) is 7.23. The van der Waals surface area contributed by atoms with E-state index in [-0.39, 0.29) is 5.56 Å². The van der Waals surface area contributed by atoms with Gasteiger partial charge >= 0.3 is 5.97 Å². The molecular weight excluding hydrogens is 408 g/mol. The molecule has 25 heavy (non-hydrogen) atoms. The highest BCUT2D eigenvalue weighted by molar-refractivity contribution is 9.10. The van der Waals surface area contributed by atoms with E-state index in [1.807, 2.05) is 0 Å². The van der Waals surface area contributed by atoms with Crippen LogP contribution in [0.25, 0.3) is 16.8 Å². The molecule has 0 unspecified atom stereocenters. The average molecular weight is 420 g/mol. The fourth-order valence-corrected chi connectivity index (χ4v) is 2.81. The van der Waals surface area contributed by atoms with Crippen LogP contribution in [-0.4, -0.2) is 22.5 Å². The normalized spacial score (nSPS) is 11.6. The Balaban J connectivity index is 1.97. The van der Waals surface area contributed by atoms with E-state index in [9.17, 15) is 9.59 Å². The first-order chi connectivity index (χ1) is 12.0. The molecule has 0 saturated carbocycles. The van der Waals surface area contributed by atoms with Crippen LogP contribution in [0.15, 0.2) is 57.9 Å². The standard InChI is InChI=1S/C18H12BrClN2O3/c1-25-18(24)12-4-2-11(3-5-12)8-14(20)15-9-17(23)22-10-13(19)6-7-16(22)21-15/h2-10H,1H3/b14-8+. The van der Waals surface area contributed by atoms with Gasteiger partial charge in [-0.1, -0.05) is 23.7 Å². The van der Waals surface area contributed by atoms with Gasteiger partial charge in [0.1, 0.15) is 5.65 Å². The quantitative estimate of drug-likeness (QED) is 0.603.